The molecule has 2 aromatic rings. The van der Waals surface area contributed by atoms with Crippen molar-refractivity contribution in [2.75, 3.05) is 18.5 Å². The van der Waals surface area contributed by atoms with E-state index in [0.717, 1.165) is 17.0 Å². The van der Waals surface area contributed by atoms with E-state index in [1.165, 1.54) is 0 Å². The Hall–Kier alpha value is -3.12. The highest BCUT2D eigenvalue weighted by atomic mass is 16.5. The van der Waals surface area contributed by atoms with Gasteiger partial charge < -0.3 is 20.7 Å². The lowest BCUT2D eigenvalue weighted by atomic mass is 9.97. The first kappa shape index (κ1) is 20.6. The SMILES string of the molecule is CCOc1ccc(NC(C)=C2C(=O)C(=O)N(CC(C)N)C2c2ccccc2)cc1. The molecule has 0 spiro atoms. The number of rotatable bonds is 7. The Balaban J connectivity index is 1.98. The zero-order valence-electron chi connectivity index (χ0n) is 17.0. The van der Waals surface area contributed by atoms with Crippen molar-refractivity contribution in [1.82, 2.24) is 4.90 Å². The Labute approximate surface area is 171 Å². The van der Waals surface area contributed by atoms with Gasteiger partial charge in [-0.15, -0.1) is 0 Å². The lowest BCUT2D eigenvalue weighted by Crippen LogP contribution is -2.38. The highest BCUT2D eigenvalue weighted by Gasteiger charge is 2.45. The third-order valence-corrected chi connectivity index (χ3v) is 4.79. The number of benzene rings is 2. The van der Waals surface area contributed by atoms with E-state index in [-0.39, 0.29) is 6.04 Å². The van der Waals surface area contributed by atoms with Gasteiger partial charge in [-0.3, -0.25) is 9.59 Å². The molecule has 0 aromatic heterocycles. The smallest absolute Gasteiger partial charge is 0.295 e. The third kappa shape index (κ3) is 4.49. The molecule has 1 aliphatic rings. The number of amides is 1. The number of likely N-dealkylation sites (tertiary alicyclic amines) is 1. The number of nitrogens with zero attached hydrogens (tertiary/aromatic N) is 1. The van der Waals surface area contributed by atoms with E-state index in [1.807, 2.05) is 75.4 Å². The van der Waals surface area contributed by atoms with Gasteiger partial charge in [-0.1, -0.05) is 30.3 Å². The fourth-order valence-electron chi connectivity index (χ4n) is 3.58. The Kier molecular flexibility index (Phi) is 6.34. The summed E-state index contributed by atoms with van der Waals surface area (Å²) in [5.41, 5.74) is 8.76. The maximum Gasteiger partial charge on any atom is 0.295 e. The van der Waals surface area contributed by atoms with Crippen molar-refractivity contribution in [3.8, 4) is 5.75 Å². The van der Waals surface area contributed by atoms with Gasteiger partial charge in [-0.05, 0) is 50.6 Å². The molecule has 3 N–H and O–H groups in total. The summed E-state index contributed by atoms with van der Waals surface area (Å²) >= 11 is 0. The van der Waals surface area contributed by atoms with Crippen LogP contribution in [0.2, 0.25) is 0 Å². The number of allylic oxidation sites excluding steroid dienone is 1. The highest BCUT2D eigenvalue weighted by molar-refractivity contribution is 6.45. The number of nitrogens with one attached hydrogen (secondary N) is 1. The van der Waals surface area contributed by atoms with E-state index in [4.69, 9.17) is 10.5 Å². The maximum atomic E-state index is 12.9. The monoisotopic (exact) mass is 393 g/mol. The molecule has 1 heterocycles. The van der Waals surface area contributed by atoms with Crippen LogP contribution < -0.4 is 15.8 Å². The molecule has 2 unspecified atom stereocenters. The molecular formula is C23H27N3O3. The van der Waals surface area contributed by atoms with E-state index in [9.17, 15) is 9.59 Å². The van der Waals surface area contributed by atoms with Crippen LogP contribution >= 0.6 is 0 Å². The van der Waals surface area contributed by atoms with Gasteiger partial charge in [0.1, 0.15) is 5.75 Å². The van der Waals surface area contributed by atoms with Crippen LogP contribution in [0.5, 0.6) is 5.75 Å². The van der Waals surface area contributed by atoms with E-state index in [0.29, 0.717) is 24.4 Å². The zero-order valence-corrected chi connectivity index (χ0v) is 17.0. The quantitative estimate of drug-likeness (QED) is 0.557. The summed E-state index contributed by atoms with van der Waals surface area (Å²) < 4.78 is 5.47. The molecule has 0 bridgehead atoms. The largest absolute Gasteiger partial charge is 0.494 e. The standard InChI is InChI=1S/C23H27N3O3/c1-4-29-19-12-10-18(11-13-19)25-16(3)20-21(17-8-6-5-7-9-17)26(14-15(2)24)23(28)22(20)27/h5-13,15,21,25H,4,14,24H2,1-3H3. The third-order valence-electron chi connectivity index (χ3n) is 4.79. The topological polar surface area (TPSA) is 84.7 Å². The van der Waals surface area contributed by atoms with Crippen LogP contribution in [0.3, 0.4) is 0 Å². The van der Waals surface area contributed by atoms with Gasteiger partial charge in [0, 0.05) is 24.0 Å². The first-order valence-electron chi connectivity index (χ1n) is 9.78. The summed E-state index contributed by atoms with van der Waals surface area (Å²) in [6.07, 6.45) is 0. The van der Waals surface area contributed by atoms with Gasteiger partial charge in [0.05, 0.1) is 18.2 Å². The Morgan fingerprint density at radius 2 is 1.79 bits per heavy atom. The molecule has 6 heteroatoms. The second kappa shape index (κ2) is 8.92. The highest BCUT2D eigenvalue weighted by Crippen LogP contribution is 2.37. The molecule has 1 amide bonds. The number of ether oxygens (including phenoxy) is 1. The molecule has 6 nitrogen and oxygen atoms in total. The van der Waals surface area contributed by atoms with Crippen molar-refractivity contribution in [2.24, 2.45) is 5.73 Å². The van der Waals surface area contributed by atoms with Crippen LogP contribution in [0.15, 0.2) is 65.9 Å². The van der Waals surface area contributed by atoms with Crippen molar-refractivity contribution in [1.29, 1.82) is 0 Å². The summed E-state index contributed by atoms with van der Waals surface area (Å²) in [4.78, 5) is 27.2. The predicted octanol–water partition coefficient (Wildman–Crippen LogP) is 3.27. The molecule has 0 aliphatic carbocycles. The first-order chi connectivity index (χ1) is 13.9. The van der Waals surface area contributed by atoms with Gasteiger partial charge in [0.2, 0.25) is 0 Å². The average Bonchev–Trinajstić information content (AvgIpc) is 2.95. The van der Waals surface area contributed by atoms with Gasteiger partial charge in [-0.2, -0.15) is 0 Å². The molecule has 152 valence electrons. The van der Waals surface area contributed by atoms with Gasteiger partial charge in [0.25, 0.3) is 11.7 Å². The number of carbonyl (C=O) groups is 2. The summed E-state index contributed by atoms with van der Waals surface area (Å²) in [7, 11) is 0. The van der Waals surface area contributed by atoms with E-state index < -0.39 is 17.7 Å². The summed E-state index contributed by atoms with van der Waals surface area (Å²) in [5.74, 6) is -0.227. The predicted molar refractivity (Wildman–Crippen MR) is 113 cm³/mol. The summed E-state index contributed by atoms with van der Waals surface area (Å²) in [6, 6.07) is 16.4. The van der Waals surface area contributed by atoms with Crippen LogP contribution in [-0.2, 0) is 9.59 Å². The van der Waals surface area contributed by atoms with Gasteiger partial charge in [-0.25, -0.2) is 0 Å². The number of ketones is 1. The summed E-state index contributed by atoms with van der Waals surface area (Å²) in [5, 5.41) is 3.27. The number of anilines is 1. The molecule has 29 heavy (non-hydrogen) atoms. The van der Waals surface area contributed by atoms with Crippen molar-refractivity contribution in [3.63, 3.8) is 0 Å². The van der Waals surface area contributed by atoms with E-state index in [1.54, 1.807) is 4.90 Å². The average molecular weight is 393 g/mol. The molecule has 2 aromatic carbocycles. The van der Waals surface area contributed by atoms with Crippen molar-refractivity contribution >= 4 is 17.4 Å². The van der Waals surface area contributed by atoms with Crippen LogP contribution in [0, 0.1) is 0 Å². The lowest BCUT2D eigenvalue weighted by Gasteiger charge is -2.27. The number of nitrogens with two attached hydrogens (primary N) is 1. The van der Waals surface area contributed by atoms with E-state index >= 15 is 0 Å². The minimum Gasteiger partial charge on any atom is -0.494 e. The molecular weight excluding hydrogens is 366 g/mol. The van der Waals surface area contributed by atoms with Crippen LogP contribution in [-0.4, -0.2) is 35.8 Å². The molecule has 0 saturated carbocycles. The van der Waals surface area contributed by atoms with Gasteiger partial charge >= 0.3 is 0 Å². The minimum atomic E-state index is -0.515. The normalized spacial score (nSPS) is 19.3. The molecule has 1 aliphatic heterocycles. The second-order valence-electron chi connectivity index (χ2n) is 7.20. The van der Waals surface area contributed by atoms with Crippen molar-refractivity contribution in [3.05, 3.63) is 71.4 Å². The number of hydrogen-bond acceptors (Lipinski definition) is 5. The van der Waals surface area contributed by atoms with Crippen LogP contribution in [0.25, 0.3) is 0 Å². The Bertz CT molecular complexity index is 905. The first-order valence-corrected chi connectivity index (χ1v) is 9.78. The molecule has 0 radical (unpaired) electrons. The van der Waals surface area contributed by atoms with Crippen molar-refractivity contribution < 1.29 is 14.3 Å². The maximum absolute atomic E-state index is 12.9. The fourth-order valence-corrected chi connectivity index (χ4v) is 3.58. The number of Topliss-reactive ketones (excluding diaryl/α,β-unsaturated/α-hetero) is 1. The van der Waals surface area contributed by atoms with Crippen molar-refractivity contribution in [2.45, 2.75) is 32.9 Å². The van der Waals surface area contributed by atoms with E-state index in [2.05, 4.69) is 5.32 Å². The number of carbonyl (C=O) groups excluding carboxylic acids is 2. The molecule has 1 fully saturated rings. The lowest BCUT2D eigenvalue weighted by molar-refractivity contribution is -0.140. The minimum absolute atomic E-state index is 0.239. The zero-order chi connectivity index (χ0) is 21.0. The molecule has 2 atom stereocenters. The Morgan fingerprint density at radius 3 is 2.38 bits per heavy atom. The van der Waals surface area contributed by atoms with Crippen LogP contribution in [0.4, 0.5) is 5.69 Å². The number of hydrogen-bond donors (Lipinski definition) is 2. The second-order valence-corrected chi connectivity index (χ2v) is 7.20. The molecule has 1 saturated heterocycles. The Morgan fingerprint density at radius 1 is 1.14 bits per heavy atom. The van der Waals surface area contributed by atoms with Gasteiger partial charge in [0.15, 0.2) is 0 Å². The van der Waals surface area contributed by atoms with Crippen LogP contribution in [0.1, 0.15) is 32.4 Å². The summed E-state index contributed by atoms with van der Waals surface area (Å²) in [6.45, 7) is 6.49. The molecule has 3 rings (SSSR count). The fraction of sp³-hybridized carbons (Fsp3) is 0.304.